The molecule has 1 N–H and O–H groups in total. The highest BCUT2D eigenvalue weighted by atomic mass is 32.2. The molecule has 28 heavy (non-hydrogen) atoms. The lowest BCUT2D eigenvalue weighted by Gasteiger charge is -2.20. The van der Waals surface area contributed by atoms with Crippen LogP contribution in [0, 0.1) is 0 Å². The van der Waals surface area contributed by atoms with Crippen LogP contribution < -0.4 is 5.32 Å². The summed E-state index contributed by atoms with van der Waals surface area (Å²) in [4.78, 5) is 13.8. The molecule has 2 aromatic rings. The van der Waals surface area contributed by atoms with Crippen molar-refractivity contribution in [3.63, 3.8) is 0 Å². The van der Waals surface area contributed by atoms with Gasteiger partial charge in [0.05, 0.1) is 16.2 Å². The SMILES string of the molecule is CCN(CC)S(=O)(=O)c1ccc(C(C)NC(=O)C(C)Sc2ccccc2)cc1. The molecule has 0 aliphatic heterocycles. The molecule has 0 saturated heterocycles. The summed E-state index contributed by atoms with van der Waals surface area (Å²) in [5, 5.41) is 2.77. The first kappa shape index (κ1) is 22.5. The van der Waals surface area contributed by atoms with Crippen molar-refractivity contribution in [1.82, 2.24) is 9.62 Å². The molecule has 152 valence electrons. The minimum absolute atomic E-state index is 0.0545. The Morgan fingerprint density at radius 3 is 2.11 bits per heavy atom. The Morgan fingerprint density at radius 1 is 1.00 bits per heavy atom. The van der Waals surface area contributed by atoms with Crippen LogP contribution >= 0.6 is 11.8 Å². The fourth-order valence-electron chi connectivity index (χ4n) is 2.81. The number of thioether (sulfide) groups is 1. The molecule has 0 bridgehead atoms. The number of nitrogens with zero attached hydrogens (tertiary/aromatic N) is 1. The second-order valence-corrected chi connectivity index (χ2v) is 9.81. The van der Waals surface area contributed by atoms with E-state index in [1.165, 1.54) is 16.1 Å². The number of carbonyl (C=O) groups is 1. The van der Waals surface area contributed by atoms with Gasteiger partial charge in [-0.25, -0.2) is 8.42 Å². The third-order valence-corrected chi connectivity index (χ3v) is 7.68. The van der Waals surface area contributed by atoms with Gasteiger partial charge >= 0.3 is 0 Å². The van der Waals surface area contributed by atoms with Crippen molar-refractivity contribution in [2.75, 3.05) is 13.1 Å². The number of amides is 1. The molecule has 0 aliphatic carbocycles. The molecule has 5 nitrogen and oxygen atoms in total. The van der Waals surface area contributed by atoms with Gasteiger partial charge in [0.25, 0.3) is 0 Å². The van der Waals surface area contributed by atoms with Gasteiger partial charge in [-0.15, -0.1) is 11.8 Å². The zero-order chi connectivity index (χ0) is 20.7. The molecule has 2 aromatic carbocycles. The summed E-state index contributed by atoms with van der Waals surface area (Å²) >= 11 is 1.51. The summed E-state index contributed by atoms with van der Waals surface area (Å²) in [5.41, 5.74) is 0.865. The highest BCUT2D eigenvalue weighted by Crippen LogP contribution is 2.24. The van der Waals surface area contributed by atoms with Crippen LogP contribution in [-0.4, -0.2) is 37.0 Å². The molecule has 0 fully saturated rings. The third-order valence-electron chi connectivity index (χ3n) is 4.51. The summed E-state index contributed by atoms with van der Waals surface area (Å²) < 4.78 is 26.6. The molecule has 0 radical (unpaired) electrons. The van der Waals surface area contributed by atoms with Gasteiger partial charge in [0, 0.05) is 18.0 Å². The number of hydrogen-bond donors (Lipinski definition) is 1. The molecule has 0 spiro atoms. The first-order valence-corrected chi connectivity index (χ1v) is 11.7. The van der Waals surface area contributed by atoms with Gasteiger partial charge in [-0.05, 0) is 43.7 Å². The zero-order valence-corrected chi connectivity index (χ0v) is 18.4. The van der Waals surface area contributed by atoms with Crippen molar-refractivity contribution in [3.05, 3.63) is 60.2 Å². The van der Waals surface area contributed by atoms with Crippen LogP contribution in [-0.2, 0) is 14.8 Å². The molecule has 0 saturated carbocycles. The van der Waals surface area contributed by atoms with E-state index in [2.05, 4.69) is 5.32 Å². The highest BCUT2D eigenvalue weighted by Gasteiger charge is 2.22. The van der Waals surface area contributed by atoms with Crippen LogP contribution in [0.3, 0.4) is 0 Å². The van der Waals surface area contributed by atoms with E-state index in [9.17, 15) is 13.2 Å². The van der Waals surface area contributed by atoms with Crippen LogP contribution in [0.4, 0.5) is 0 Å². The van der Waals surface area contributed by atoms with Crippen LogP contribution in [0.1, 0.15) is 39.3 Å². The Morgan fingerprint density at radius 2 is 1.57 bits per heavy atom. The lowest BCUT2D eigenvalue weighted by Crippen LogP contribution is -2.33. The molecule has 0 aliphatic rings. The molecule has 1 amide bonds. The number of rotatable bonds is 9. The van der Waals surface area contributed by atoms with E-state index in [1.54, 1.807) is 24.3 Å². The van der Waals surface area contributed by atoms with E-state index in [4.69, 9.17) is 0 Å². The van der Waals surface area contributed by atoms with Crippen LogP contribution in [0.2, 0.25) is 0 Å². The van der Waals surface area contributed by atoms with Crippen molar-refractivity contribution in [2.45, 2.75) is 48.8 Å². The normalized spacial score (nSPS) is 13.9. The minimum Gasteiger partial charge on any atom is -0.349 e. The fourth-order valence-corrected chi connectivity index (χ4v) is 5.17. The van der Waals surface area contributed by atoms with E-state index in [0.717, 1.165) is 10.5 Å². The molecular weight excluding hydrogens is 392 g/mol. The molecule has 2 atom stereocenters. The predicted octanol–water partition coefficient (Wildman–Crippen LogP) is 4.08. The fraction of sp³-hybridized carbons (Fsp3) is 0.381. The Hall–Kier alpha value is -1.83. The number of nitrogens with one attached hydrogen (secondary N) is 1. The second-order valence-electron chi connectivity index (χ2n) is 6.46. The van der Waals surface area contributed by atoms with Gasteiger partial charge in [0.15, 0.2) is 0 Å². The van der Waals surface area contributed by atoms with Crippen molar-refractivity contribution < 1.29 is 13.2 Å². The predicted molar refractivity (Wildman–Crippen MR) is 115 cm³/mol. The number of benzene rings is 2. The minimum atomic E-state index is -3.47. The summed E-state index contributed by atoms with van der Waals surface area (Å²) in [7, 11) is -3.47. The maximum atomic E-state index is 12.6. The average molecular weight is 421 g/mol. The maximum Gasteiger partial charge on any atom is 0.243 e. The van der Waals surface area contributed by atoms with E-state index >= 15 is 0 Å². The van der Waals surface area contributed by atoms with Crippen LogP contribution in [0.15, 0.2) is 64.4 Å². The molecule has 7 heteroatoms. The molecule has 0 heterocycles. The molecular formula is C21H28N2O3S2. The molecule has 0 aromatic heterocycles. The Balaban J connectivity index is 2.02. The maximum absolute atomic E-state index is 12.6. The van der Waals surface area contributed by atoms with Gasteiger partial charge in [0.2, 0.25) is 15.9 Å². The monoisotopic (exact) mass is 420 g/mol. The number of sulfonamides is 1. The lowest BCUT2D eigenvalue weighted by molar-refractivity contribution is -0.120. The third kappa shape index (κ3) is 5.59. The first-order valence-electron chi connectivity index (χ1n) is 9.41. The quantitative estimate of drug-likeness (QED) is 0.621. The van der Waals surface area contributed by atoms with E-state index in [-0.39, 0.29) is 22.1 Å². The zero-order valence-electron chi connectivity index (χ0n) is 16.8. The van der Waals surface area contributed by atoms with Gasteiger partial charge in [0.1, 0.15) is 0 Å². The molecule has 2 unspecified atom stereocenters. The topological polar surface area (TPSA) is 66.5 Å². The highest BCUT2D eigenvalue weighted by molar-refractivity contribution is 8.00. The summed E-state index contributed by atoms with van der Waals surface area (Å²) in [5.74, 6) is -0.0545. The van der Waals surface area contributed by atoms with Crippen molar-refractivity contribution in [2.24, 2.45) is 0 Å². The summed E-state index contributed by atoms with van der Waals surface area (Å²) in [6.07, 6.45) is 0. The van der Waals surface area contributed by atoms with E-state index in [0.29, 0.717) is 13.1 Å². The second kappa shape index (κ2) is 10.1. The smallest absolute Gasteiger partial charge is 0.243 e. The van der Waals surface area contributed by atoms with Crippen molar-refractivity contribution in [1.29, 1.82) is 0 Å². The first-order chi connectivity index (χ1) is 13.3. The van der Waals surface area contributed by atoms with Gasteiger partial charge in [-0.1, -0.05) is 44.2 Å². The number of carbonyl (C=O) groups excluding carboxylic acids is 1. The average Bonchev–Trinajstić information content (AvgIpc) is 2.69. The van der Waals surface area contributed by atoms with Gasteiger partial charge < -0.3 is 5.32 Å². The standard InChI is InChI=1S/C21H28N2O3S2/c1-5-23(6-2)28(25,26)20-14-12-18(13-15-20)16(3)22-21(24)17(4)27-19-10-8-7-9-11-19/h7-17H,5-6H2,1-4H3,(H,22,24). The lowest BCUT2D eigenvalue weighted by atomic mass is 10.1. The van der Waals surface area contributed by atoms with E-state index < -0.39 is 10.0 Å². The Bertz CT molecular complexity index is 864. The van der Waals surface area contributed by atoms with Crippen LogP contribution in [0.5, 0.6) is 0 Å². The Labute approximate surface area is 172 Å². The van der Waals surface area contributed by atoms with Crippen molar-refractivity contribution >= 4 is 27.7 Å². The van der Waals surface area contributed by atoms with Crippen LogP contribution in [0.25, 0.3) is 0 Å². The van der Waals surface area contributed by atoms with Gasteiger partial charge in [-0.3, -0.25) is 4.79 Å². The van der Waals surface area contributed by atoms with Crippen molar-refractivity contribution in [3.8, 4) is 0 Å². The summed E-state index contributed by atoms with van der Waals surface area (Å²) in [6, 6.07) is 16.3. The van der Waals surface area contributed by atoms with Gasteiger partial charge in [-0.2, -0.15) is 4.31 Å². The Kier molecular flexibility index (Phi) is 8.10. The number of hydrogen-bond acceptors (Lipinski definition) is 4. The summed E-state index contributed by atoms with van der Waals surface area (Å²) in [6.45, 7) is 8.28. The largest absolute Gasteiger partial charge is 0.349 e. The van der Waals surface area contributed by atoms with E-state index in [1.807, 2.05) is 58.0 Å². The molecule has 2 rings (SSSR count).